The first kappa shape index (κ1) is 18.1. The second-order valence-corrected chi connectivity index (χ2v) is 7.27. The molecule has 1 saturated carbocycles. The summed E-state index contributed by atoms with van der Waals surface area (Å²) < 4.78 is 0. The topological polar surface area (TPSA) is 62.3 Å². The molecule has 1 aromatic heterocycles. The molecule has 5 nitrogen and oxygen atoms in total. The summed E-state index contributed by atoms with van der Waals surface area (Å²) >= 11 is 0. The van der Waals surface area contributed by atoms with Crippen LogP contribution in [0.3, 0.4) is 0 Å². The zero-order valence-electron chi connectivity index (χ0n) is 15.5. The average Bonchev–Trinajstić information content (AvgIpc) is 3.37. The van der Waals surface area contributed by atoms with Crippen molar-refractivity contribution in [3.8, 4) is 0 Å². The molecule has 0 bridgehead atoms. The number of anilines is 1. The fourth-order valence-corrected chi connectivity index (χ4v) is 2.96. The Kier molecular flexibility index (Phi) is 5.35. The Balaban J connectivity index is 1.68. The van der Waals surface area contributed by atoms with Gasteiger partial charge in [0.2, 0.25) is 5.91 Å². The Morgan fingerprint density at radius 1 is 1.23 bits per heavy atom. The minimum Gasteiger partial charge on any atom is -0.332 e. The lowest BCUT2D eigenvalue weighted by Gasteiger charge is -2.27. The highest BCUT2D eigenvalue weighted by atomic mass is 16.2. The number of nitrogens with one attached hydrogen (secondary N) is 1. The zero-order valence-corrected chi connectivity index (χ0v) is 15.5. The second-order valence-electron chi connectivity index (χ2n) is 7.27. The number of hydrogen-bond acceptors (Lipinski definition) is 3. The van der Waals surface area contributed by atoms with Gasteiger partial charge in [0, 0.05) is 42.1 Å². The van der Waals surface area contributed by atoms with Crippen molar-refractivity contribution in [1.29, 1.82) is 0 Å². The Morgan fingerprint density at radius 3 is 2.46 bits per heavy atom. The average molecular weight is 351 g/mol. The number of pyridine rings is 1. The number of rotatable bonds is 6. The van der Waals surface area contributed by atoms with Gasteiger partial charge in [-0.15, -0.1) is 0 Å². The first-order chi connectivity index (χ1) is 12.5. The summed E-state index contributed by atoms with van der Waals surface area (Å²) in [6, 6.07) is 11.0. The van der Waals surface area contributed by atoms with Crippen molar-refractivity contribution < 1.29 is 9.59 Å². The molecule has 5 heteroatoms. The maximum absolute atomic E-state index is 12.9. The van der Waals surface area contributed by atoms with Gasteiger partial charge in [-0.25, -0.2) is 0 Å². The Bertz CT molecular complexity index is 772. The van der Waals surface area contributed by atoms with Gasteiger partial charge in [-0.1, -0.05) is 13.0 Å². The van der Waals surface area contributed by atoms with Crippen LogP contribution in [-0.4, -0.2) is 27.7 Å². The molecule has 1 fully saturated rings. The largest absolute Gasteiger partial charge is 0.332 e. The minimum atomic E-state index is -0.0301. The van der Waals surface area contributed by atoms with E-state index in [1.807, 2.05) is 30.9 Å². The lowest BCUT2D eigenvalue weighted by molar-refractivity contribution is -0.117. The standard InChI is InChI=1S/C21H25N3O2/c1-14(2)24(13-16-5-4-10-22-12-16)21(26)17-6-8-18(9-7-17)23-20(25)19-11-15(19)3/h4-10,12,14-15,19H,11,13H2,1-3H3,(H,23,25). The monoisotopic (exact) mass is 351 g/mol. The molecule has 0 radical (unpaired) electrons. The third kappa shape index (κ3) is 4.28. The van der Waals surface area contributed by atoms with Crippen LogP contribution in [0, 0.1) is 11.8 Å². The molecular formula is C21H25N3O2. The fraction of sp³-hybridized carbons (Fsp3) is 0.381. The first-order valence-electron chi connectivity index (χ1n) is 9.06. The maximum atomic E-state index is 12.9. The van der Waals surface area contributed by atoms with Crippen molar-refractivity contribution >= 4 is 17.5 Å². The van der Waals surface area contributed by atoms with Crippen LogP contribution in [0.5, 0.6) is 0 Å². The number of nitrogens with zero attached hydrogens (tertiary/aromatic N) is 2. The summed E-state index contributed by atoms with van der Waals surface area (Å²) in [5.41, 5.74) is 2.34. The fourth-order valence-electron chi connectivity index (χ4n) is 2.96. The van der Waals surface area contributed by atoms with Gasteiger partial charge in [0.05, 0.1) is 0 Å². The molecular weight excluding hydrogens is 326 g/mol. The summed E-state index contributed by atoms with van der Waals surface area (Å²) in [4.78, 5) is 30.8. The van der Waals surface area contributed by atoms with Crippen LogP contribution in [0.2, 0.25) is 0 Å². The van der Waals surface area contributed by atoms with Gasteiger partial charge < -0.3 is 10.2 Å². The number of amides is 2. The van der Waals surface area contributed by atoms with Crippen LogP contribution in [0.25, 0.3) is 0 Å². The van der Waals surface area contributed by atoms with E-state index in [0.717, 1.165) is 17.7 Å². The van der Waals surface area contributed by atoms with Gasteiger partial charge in [-0.05, 0) is 62.1 Å². The molecule has 0 spiro atoms. The van der Waals surface area contributed by atoms with Gasteiger partial charge in [0.15, 0.2) is 0 Å². The highest BCUT2D eigenvalue weighted by Crippen LogP contribution is 2.38. The van der Waals surface area contributed by atoms with E-state index in [-0.39, 0.29) is 23.8 Å². The number of carbonyl (C=O) groups excluding carboxylic acids is 2. The van der Waals surface area contributed by atoms with E-state index in [0.29, 0.717) is 18.0 Å². The molecule has 1 heterocycles. The Labute approximate surface area is 154 Å². The van der Waals surface area contributed by atoms with Crippen molar-refractivity contribution in [3.63, 3.8) is 0 Å². The highest BCUT2D eigenvalue weighted by molar-refractivity contribution is 5.97. The molecule has 1 aromatic carbocycles. The van der Waals surface area contributed by atoms with Crippen LogP contribution in [0.4, 0.5) is 5.69 Å². The smallest absolute Gasteiger partial charge is 0.254 e. The lowest BCUT2D eigenvalue weighted by atomic mass is 10.1. The predicted octanol–water partition coefficient (Wildman–Crippen LogP) is 3.73. The van der Waals surface area contributed by atoms with Gasteiger partial charge in [-0.3, -0.25) is 14.6 Å². The van der Waals surface area contributed by atoms with Gasteiger partial charge >= 0.3 is 0 Å². The van der Waals surface area contributed by atoms with E-state index in [2.05, 4.69) is 17.2 Å². The number of benzene rings is 1. The Hall–Kier alpha value is -2.69. The first-order valence-corrected chi connectivity index (χ1v) is 9.06. The summed E-state index contributed by atoms with van der Waals surface area (Å²) in [5.74, 6) is 0.643. The molecule has 1 aliphatic rings. The molecule has 136 valence electrons. The molecule has 3 rings (SSSR count). The van der Waals surface area contributed by atoms with E-state index in [1.165, 1.54) is 0 Å². The van der Waals surface area contributed by atoms with Gasteiger partial charge in [0.1, 0.15) is 0 Å². The van der Waals surface area contributed by atoms with Crippen molar-refractivity contribution in [3.05, 3.63) is 59.9 Å². The van der Waals surface area contributed by atoms with Crippen LogP contribution in [0.15, 0.2) is 48.8 Å². The molecule has 2 amide bonds. The number of aromatic nitrogens is 1. The molecule has 2 aromatic rings. The molecule has 0 saturated heterocycles. The summed E-state index contributed by atoms with van der Waals surface area (Å²) in [6.07, 6.45) is 4.46. The molecule has 2 unspecified atom stereocenters. The van der Waals surface area contributed by atoms with Crippen LogP contribution in [-0.2, 0) is 11.3 Å². The SMILES string of the molecule is CC1CC1C(=O)Nc1ccc(C(=O)N(Cc2cccnc2)C(C)C)cc1. The van der Waals surface area contributed by atoms with Gasteiger partial charge in [0.25, 0.3) is 5.91 Å². The minimum absolute atomic E-state index is 0.0301. The van der Waals surface area contributed by atoms with E-state index < -0.39 is 0 Å². The predicted molar refractivity (Wildman–Crippen MR) is 102 cm³/mol. The Morgan fingerprint density at radius 2 is 1.92 bits per heavy atom. The maximum Gasteiger partial charge on any atom is 0.254 e. The van der Waals surface area contributed by atoms with E-state index in [9.17, 15) is 9.59 Å². The van der Waals surface area contributed by atoms with Crippen LogP contribution >= 0.6 is 0 Å². The lowest BCUT2D eigenvalue weighted by Crippen LogP contribution is -2.36. The molecule has 0 aliphatic heterocycles. The number of carbonyl (C=O) groups is 2. The van der Waals surface area contributed by atoms with E-state index >= 15 is 0 Å². The van der Waals surface area contributed by atoms with Crippen molar-refractivity contribution in [2.24, 2.45) is 11.8 Å². The summed E-state index contributed by atoms with van der Waals surface area (Å²) in [6.45, 7) is 6.59. The van der Waals surface area contributed by atoms with Gasteiger partial charge in [-0.2, -0.15) is 0 Å². The van der Waals surface area contributed by atoms with Crippen LogP contribution in [0.1, 0.15) is 43.1 Å². The second kappa shape index (κ2) is 7.68. The third-order valence-electron chi connectivity index (χ3n) is 4.81. The molecule has 2 atom stereocenters. The zero-order chi connectivity index (χ0) is 18.7. The molecule has 1 aliphatic carbocycles. The van der Waals surface area contributed by atoms with E-state index in [1.54, 1.807) is 36.7 Å². The summed E-state index contributed by atoms with van der Waals surface area (Å²) in [7, 11) is 0. The molecule has 26 heavy (non-hydrogen) atoms. The van der Waals surface area contributed by atoms with E-state index in [4.69, 9.17) is 0 Å². The summed E-state index contributed by atoms with van der Waals surface area (Å²) in [5, 5.41) is 2.92. The normalized spacial score (nSPS) is 18.5. The third-order valence-corrected chi connectivity index (χ3v) is 4.81. The highest BCUT2D eigenvalue weighted by Gasteiger charge is 2.39. The van der Waals surface area contributed by atoms with Crippen molar-refractivity contribution in [2.45, 2.75) is 39.8 Å². The quantitative estimate of drug-likeness (QED) is 0.862. The number of hydrogen-bond donors (Lipinski definition) is 1. The van der Waals surface area contributed by atoms with Crippen LogP contribution < -0.4 is 5.32 Å². The van der Waals surface area contributed by atoms with Crippen molar-refractivity contribution in [1.82, 2.24) is 9.88 Å². The van der Waals surface area contributed by atoms with Crippen molar-refractivity contribution in [2.75, 3.05) is 5.32 Å². The molecule has 1 N–H and O–H groups in total.